The largest absolute Gasteiger partial charge is 0.478 e. The highest BCUT2D eigenvalue weighted by Gasteiger charge is 2.04. The molecule has 3 aromatic carbocycles. The summed E-state index contributed by atoms with van der Waals surface area (Å²) in [4.78, 5) is 20.7. The van der Waals surface area contributed by atoms with E-state index in [1.54, 1.807) is 0 Å². The maximum atomic E-state index is 10.3. The molecule has 0 unspecified atom stereocenters. The molecule has 0 atom stereocenters. The lowest BCUT2D eigenvalue weighted by Gasteiger charge is -1.98. The molecule has 0 aromatic heterocycles. The van der Waals surface area contributed by atoms with E-state index in [0.29, 0.717) is 0 Å². The predicted molar refractivity (Wildman–Crippen MR) is 92.2 cm³/mol. The van der Waals surface area contributed by atoms with Crippen molar-refractivity contribution in [3.63, 3.8) is 0 Å². The van der Waals surface area contributed by atoms with Crippen LogP contribution in [0, 0.1) is 0 Å². The van der Waals surface area contributed by atoms with Crippen LogP contribution in [0.2, 0.25) is 0 Å². The minimum Gasteiger partial charge on any atom is -0.478 e. The maximum absolute atomic E-state index is 10.3. The van der Waals surface area contributed by atoms with Crippen molar-refractivity contribution in [1.29, 1.82) is 0 Å². The SMILES string of the molecule is O=C(O)c1ccc(C(=O)O)cc1.c1ccc(-c2ccccc2)cc1. The summed E-state index contributed by atoms with van der Waals surface area (Å²) in [5.74, 6) is -2.13. The van der Waals surface area contributed by atoms with E-state index in [-0.39, 0.29) is 11.1 Å². The molecule has 0 radical (unpaired) electrons. The molecular weight excluding hydrogens is 304 g/mol. The molecule has 0 fully saturated rings. The zero-order valence-electron chi connectivity index (χ0n) is 12.8. The first-order valence-corrected chi connectivity index (χ1v) is 7.25. The first kappa shape index (κ1) is 17.0. The summed E-state index contributed by atoms with van der Waals surface area (Å²) >= 11 is 0. The van der Waals surface area contributed by atoms with Gasteiger partial charge in [-0.1, -0.05) is 60.7 Å². The number of carbonyl (C=O) groups is 2. The second kappa shape index (κ2) is 8.29. The Morgan fingerprint density at radius 3 is 1.04 bits per heavy atom. The standard InChI is InChI=1S/C12H10.C8H6O4/c1-3-7-11(8-4-1)12-9-5-2-6-10-12;9-7(10)5-1-2-6(4-3-5)8(11)12/h1-10H;1-4H,(H,9,10)(H,11,12). The van der Waals surface area contributed by atoms with Crippen LogP contribution in [0.3, 0.4) is 0 Å². The third-order valence-electron chi connectivity index (χ3n) is 3.26. The van der Waals surface area contributed by atoms with E-state index in [4.69, 9.17) is 10.2 Å². The molecule has 0 aliphatic rings. The van der Waals surface area contributed by atoms with Crippen LogP contribution in [-0.2, 0) is 0 Å². The zero-order chi connectivity index (χ0) is 17.4. The summed E-state index contributed by atoms with van der Waals surface area (Å²) in [7, 11) is 0. The number of hydrogen-bond donors (Lipinski definition) is 2. The van der Waals surface area contributed by atoms with Gasteiger partial charge in [0.1, 0.15) is 0 Å². The molecule has 2 N–H and O–H groups in total. The van der Waals surface area contributed by atoms with Gasteiger partial charge in [-0.25, -0.2) is 9.59 Å². The first-order valence-electron chi connectivity index (χ1n) is 7.25. The number of carboxylic acid groups (broad SMARTS) is 2. The van der Waals surface area contributed by atoms with Crippen molar-refractivity contribution in [1.82, 2.24) is 0 Å². The van der Waals surface area contributed by atoms with Gasteiger partial charge in [0.05, 0.1) is 11.1 Å². The van der Waals surface area contributed by atoms with Gasteiger partial charge in [0.15, 0.2) is 0 Å². The average Bonchev–Trinajstić information content (AvgIpc) is 2.64. The van der Waals surface area contributed by atoms with Gasteiger partial charge in [-0.05, 0) is 35.4 Å². The van der Waals surface area contributed by atoms with Gasteiger partial charge in [0, 0.05) is 0 Å². The third kappa shape index (κ3) is 4.81. The molecule has 0 bridgehead atoms. The molecule has 0 aliphatic carbocycles. The van der Waals surface area contributed by atoms with Crippen molar-refractivity contribution in [2.75, 3.05) is 0 Å². The van der Waals surface area contributed by atoms with E-state index < -0.39 is 11.9 Å². The molecule has 0 spiro atoms. The smallest absolute Gasteiger partial charge is 0.335 e. The zero-order valence-corrected chi connectivity index (χ0v) is 12.8. The van der Waals surface area contributed by atoms with E-state index in [1.807, 2.05) is 12.1 Å². The minimum atomic E-state index is -1.06. The molecule has 0 heterocycles. The van der Waals surface area contributed by atoms with E-state index in [1.165, 1.54) is 35.4 Å². The Labute approximate surface area is 139 Å². The number of hydrogen-bond acceptors (Lipinski definition) is 2. The molecule has 0 saturated carbocycles. The number of rotatable bonds is 3. The van der Waals surface area contributed by atoms with Crippen LogP contribution in [0.1, 0.15) is 20.7 Å². The minimum absolute atomic E-state index is 0.0833. The molecule has 24 heavy (non-hydrogen) atoms. The van der Waals surface area contributed by atoms with Gasteiger partial charge in [0.25, 0.3) is 0 Å². The van der Waals surface area contributed by atoms with Crippen molar-refractivity contribution >= 4 is 11.9 Å². The van der Waals surface area contributed by atoms with Gasteiger partial charge >= 0.3 is 11.9 Å². The third-order valence-corrected chi connectivity index (χ3v) is 3.26. The van der Waals surface area contributed by atoms with Gasteiger partial charge in [-0.2, -0.15) is 0 Å². The van der Waals surface area contributed by atoms with E-state index in [0.717, 1.165) is 0 Å². The molecule has 4 nitrogen and oxygen atoms in total. The molecule has 3 aromatic rings. The number of benzene rings is 3. The fourth-order valence-corrected chi connectivity index (χ4v) is 2.02. The van der Waals surface area contributed by atoms with Crippen LogP contribution in [0.25, 0.3) is 11.1 Å². The van der Waals surface area contributed by atoms with Crippen LogP contribution in [-0.4, -0.2) is 22.2 Å². The van der Waals surface area contributed by atoms with Crippen molar-refractivity contribution in [2.45, 2.75) is 0 Å². The lowest BCUT2D eigenvalue weighted by atomic mass is 10.1. The normalized spacial score (nSPS) is 9.50. The molecule has 0 saturated heterocycles. The van der Waals surface area contributed by atoms with Crippen LogP contribution < -0.4 is 0 Å². The van der Waals surface area contributed by atoms with Gasteiger partial charge in [0.2, 0.25) is 0 Å². The molecule has 0 amide bonds. The summed E-state index contributed by atoms with van der Waals surface area (Å²) in [5, 5.41) is 16.9. The van der Waals surface area contributed by atoms with Gasteiger partial charge in [-0.15, -0.1) is 0 Å². The second-order valence-corrected chi connectivity index (χ2v) is 4.92. The summed E-state index contributed by atoms with van der Waals surface area (Å²) in [6.07, 6.45) is 0. The van der Waals surface area contributed by atoms with Crippen molar-refractivity contribution in [3.8, 4) is 11.1 Å². The monoisotopic (exact) mass is 320 g/mol. The lowest BCUT2D eigenvalue weighted by Crippen LogP contribution is -1.99. The Morgan fingerprint density at radius 2 is 0.792 bits per heavy atom. The highest BCUT2D eigenvalue weighted by atomic mass is 16.4. The molecule has 0 aliphatic heterocycles. The van der Waals surface area contributed by atoms with Crippen molar-refractivity contribution < 1.29 is 19.8 Å². The van der Waals surface area contributed by atoms with Crippen molar-refractivity contribution in [2.24, 2.45) is 0 Å². The van der Waals surface area contributed by atoms with Gasteiger partial charge < -0.3 is 10.2 Å². The molecule has 120 valence electrons. The quantitative estimate of drug-likeness (QED) is 0.748. The van der Waals surface area contributed by atoms with Crippen LogP contribution in [0.4, 0.5) is 0 Å². The first-order chi connectivity index (χ1) is 11.6. The Morgan fingerprint density at radius 1 is 0.500 bits per heavy atom. The number of carboxylic acids is 2. The highest BCUT2D eigenvalue weighted by Crippen LogP contribution is 2.17. The Bertz CT molecular complexity index is 724. The Hall–Kier alpha value is -3.40. The summed E-state index contributed by atoms with van der Waals surface area (Å²) in [5.41, 5.74) is 2.72. The van der Waals surface area contributed by atoms with Gasteiger partial charge in [-0.3, -0.25) is 0 Å². The lowest BCUT2D eigenvalue weighted by molar-refractivity contribution is 0.0681. The Kier molecular flexibility index (Phi) is 5.86. The summed E-state index contributed by atoms with van der Waals surface area (Å²) in [6, 6.07) is 25.8. The highest BCUT2D eigenvalue weighted by molar-refractivity contribution is 5.91. The van der Waals surface area contributed by atoms with E-state index in [9.17, 15) is 9.59 Å². The fraction of sp³-hybridized carbons (Fsp3) is 0. The molecule has 3 rings (SSSR count). The number of aromatic carboxylic acids is 2. The topological polar surface area (TPSA) is 74.6 Å². The second-order valence-electron chi connectivity index (χ2n) is 4.92. The maximum Gasteiger partial charge on any atom is 0.335 e. The molecule has 4 heteroatoms. The van der Waals surface area contributed by atoms with E-state index in [2.05, 4.69) is 48.5 Å². The van der Waals surface area contributed by atoms with Crippen LogP contribution in [0.5, 0.6) is 0 Å². The average molecular weight is 320 g/mol. The summed E-state index contributed by atoms with van der Waals surface area (Å²) < 4.78 is 0. The fourth-order valence-electron chi connectivity index (χ4n) is 2.02. The summed E-state index contributed by atoms with van der Waals surface area (Å²) in [6.45, 7) is 0. The van der Waals surface area contributed by atoms with Crippen LogP contribution in [0.15, 0.2) is 84.9 Å². The van der Waals surface area contributed by atoms with Crippen LogP contribution >= 0.6 is 0 Å². The van der Waals surface area contributed by atoms with E-state index >= 15 is 0 Å². The predicted octanol–water partition coefficient (Wildman–Crippen LogP) is 4.44. The Balaban J connectivity index is 0.000000174. The van der Waals surface area contributed by atoms with Crippen molar-refractivity contribution in [3.05, 3.63) is 96.1 Å². The molecular formula is C20H16O4.